The van der Waals surface area contributed by atoms with Gasteiger partial charge in [-0.2, -0.15) is 0 Å². The number of fused-ring (bicyclic) bond motifs is 1. The van der Waals surface area contributed by atoms with Crippen molar-refractivity contribution in [3.63, 3.8) is 0 Å². The molecule has 0 bridgehead atoms. The molecule has 1 fully saturated rings. The molecule has 74 valence electrons. The Morgan fingerprint density at radius 3 is 2.93 bits per heavy atom. The zero-order valence-corrected chi connectivity index (χ0v) is 8.20. The molecule has 2 N–H and O–H groups in total. The molecule has 2 heteroatoms. The van der Waals surface area contributed by atoms with Crippen LogP contribution in [0.15, 0.2) is 18.2 Å². The van der Waals surface area contributed by atoms with Gasteiger partial charge in [-0.1, -0.05) is 18.2 Å². The van der Waals surface area contributed by atoms with E-state index in [9.17, 15) is 0 Å². The van der Waals surface area contributed by atoms with E-state index in [1.807, 2.05) is 0 Å². The molecule has 1 heterocycles. The van der Waals surface area contributed by atoms with Gasteiger partial charge in [0.05, 0.1) is 6.61 Å². The minimum Gasteiger partial charge on any atom is -0.493 e. The lowest BCUT2D eigenvalue weighted by atomic mass is 9.75. The Morgan fingerprint density at radius 1 is 1.29 bits per heavy atom. The van der Waals surface area contributed by atoms with Crippen molar-refractivity contribution >= 4 is 0 Å². The molecular formula is C12H15NO. The van der Waals surface area contributed by atoms with E-state index < -0.39 is 0 Å². The predicted molar refractivity (Wildman–Crippen MR) is 55.6 cm³/mol. The van der Waals surface area contributed by atoms with Gasteiger partial charge in [-0.25, -0.2) is 0 Å². The van der Waals surface area contributed by atoms with Crippen molar-refractivity contribution in [3.8, 4) is 5.75 Å². The molecule has 3 rings (SSSR count). The SMILES string of the molecule is NC1CCC1c1cccc2c1OCC2. The average Bonchev–Trinajstić information content (AvgIpc) is 2.64. The van der Waals surface area contributed by atoms with E-state index in [0.717, 1.165) is 25.2 Å². The van der Waals surface area contributed by atoms with Crippen LogP contribution >= 0.6 is 0 Å². The van der Waals surface area contributed by atoms with Gasteiger partial charge in [0.1, 0.15) is 5.75 Å². The van der Waals surface area contributed by atoms with E-state index in [-0.39, 0.29) is 0 Å². The van der Waals surface area contributed by atoms with Gasteiger partial charge in [-0.05, 0) is 24.0 Å². The maximum absolute atomic E-state index is 5.99. The molecule has 1 saturated carbocycles. The topological polar surface area (TPSA) is 35.2 Å². The van der Waals surface area contributed by atoms with Crippen molar-refractivity contribution in [2.24, 2.45) is 5.73 Å². The van der Waals surface area contributed by atoms with E-state index in [4.69, 9.17) is 10.5 Å². The summed E-state index contributed by atoms with van der Waals surface area (Å²) in [6.07, 6.45) is 3.44. The Morgan fingerprint density at radius 2 is 2.21 bits per heavy atom. The smallest absolute Gasteiger partial charge is 0.126 e. The second kappa shape index (κ2) is 2.99. The second-order valence-corrected chi connectivity index (χ2v) is 4.28. The Hall–Kier alpha value is -1.02. The van der Waals surface area contributed by atoms with Crippen LogP contribution in [0.1, 0.15) is 29.9 Å². The molecule has 0 aromatic heterocycles. The van der Waals surface area contributed by atoms with E-state index in [0.29, 0.717) is 12.0 Å². The zero-order valence-electron chi connectivity index (χ0n) is 8.20. The van der Waals surface area contributed by atoms with Crippen LogP contribution in [0.25, 0.3) is 0 Å². The van der Waals surface area contributed by atoms with Gasteiger partial charge in [0.25, 0.3) is 0 Å². The van der Waals surface area contributed by atoms with E-state index in [2.05, 4.69) is 18.2 Å². The molecule has 14 heavy (non-hydrogen) atoms. The summed E-state index contributed by atoms with van der Waals surface area (Å²) in [6, 6.07) is 6.82. The van der Waals surface area contributed by atoms with Crippen LogP contribution in [0.4, 0.5) is 0 Å². The van der Waals surface area contributed by atoms with Crippen molar-refractivity contribution in [2.45, 2.75) is 31.2 Å². The first-order valence-corrected chi connectivity index (χ1v) is 5.36. The maximum Gasteiger partial charge on any atom is 0.126 e. The minimum absolute atomic E-state index is 0.352. The third-order valence-electron chi connectivity index (χ3n) is 3.47. The van der Waals surface area contributed by atoms with Gasteiger partial charge >= 0.3 is 0 Å². The molecule has 0 spiro atoms. The molecule has 2 unspecified atom stereocenters. The second-order valence-electron chi connectivity index (χ2n) is 4.28. The van der Waals surface area contributed by atoms with E-state index in [1.54, 1.807) is 0 Å². The number of hydrogen-bond donors (Lipinski definition) is 1. The van der Waals surface area contributed by atoms with Crippen LogP contribution in [0.2, 0.25) is 0 Å². The summed E-state index contributed by atoms with van der Waals surface area (Å²) in [5.74, 6) is 1.68. The normalized spacial score (nSPS) is 29.2. The van der Waals surface area contributed by atoms with Crippen LogP contribution in [0.3, 0.4) is 0 Å². The lowest BCUT2D eigenvalue weighted by Crippen LogP contribution is -2.37. The van der Waals surface area contributed by atoms with Gasteiger partial charge in [0.15, 0.2) is 0 Å². The largest absolute Gasteiger partial charge is 0.493 e. The van der Waals surface area contributed by atoms with Crippen LogP contribution in [0, 0.1) is 0 Å². The summed E-state index contributed by atoms with van der Waals surface area (Å²) in [7, 11) is 0. The molecule has 0 amide bonds. The minimum atomic E-state index is 0.352. The highest BCUT2D eigenvalue weighted by atomic mass is 16.5. The maximum atomic E-state index is 5.99. The quantitative estimate of drug-likeness (QED) is 0.731. The van der Waals surface area contributed by atoms with Crippen molar-refractivity contribution < 1.29 is 4.74 Å². The number of para-hydroxylation sites is 1. The molecule has 2 aliphatic rings. The predicted octanol–water partition coefficient (Wildman–Crippen LogP) is 1.83. The number of rotatable bonds is 1. The summed E-state index contributed by atoms with van der Waals surface area (Å²) in [5, 5.41) is 0. The van der Waals surface area contributed by atoms with Gasteiger partial charge in [-0.3, -0.25) is 0 Å². The molecule has 2 atom stereocenters. The number of nitrogens with two attached hydrogens (primary N) is 1. The zero-order chi connectivity index (χ0) is 9.54. The van der Waals surface area contributed by atoms with Gasteiger partial charge in [-0.15, -0.1) is 0 Å². The molecule has 1 aliphatic heterocycles. The molecule has 1 aromatic rings. The molecular weight excluding hydrogens is 174 g/mol. The lowest BCUT2D eigenvalue weighted by molar-refractivity contribution is 0.316. The van der Waals surface area contributed by atoms with Crippen molar-refractivity contribution in [2.75, 3.05) is 6.61 Å². The highest BCUT2D eigenvalue weighted by Gasteiger charge is 2.32. The highest BCUT2D eigenvalue weighted by Crippen LogP contribution is 2.42. The van der Waals surface area contributed by atoms with E-state index >= 15 is 0 Å². The third-order valence-corrected chi connectivity index (χ3v) is 3.47. The number of ether oxygens (including phenoxy) is 1. The summed E-state index contributed by atoms with van der Waals surface area (Å²) in [5.41, 5.74) is 8.70. The van der Waals surface area contributed by atoms with Crippen LogP contribution in [-0.4, -0.2) is 12.6 Å². The fourth-order valence-electron chi connectivity index (χ4n) is 2.44. The standard InChI is InChI=1S/C12H15NO/c13-11-5-4-9(11)10-3-1-2-8-6-7-14-12(8)10/h1-3,9,11H,4-7,13H2. The van der Waals surface area contributed by atoms with Crippen molar-refractivity contribution in [1.29, 1.82) is 0 Å². The Bertz CT molecular complexity index is 361. The van der Waals surface area contributed by atoms with Crippen molar-refractivity contribution in [3.05, 3.63) is 29.3 Å². The van der Waals surface area contributed by atoms with Gasteiger partial charge in [0, 0.05) is 18.4 Å². The Labute approximate surface area is 84.1 Å². The summed E-state index contributed by atoms with van der Waals surface area (Å²) >= 11 is 0. The summed E-state index contributed by atoms with van der Waals surface area (Å²) in [6.45, 7) is 0.842. The van der Waals surface area contributed by atoms with Gasteiger partial charge < -0.3 is 10.5 Å². The first-order chi connectivity index (χ1) is 6.86. The van der Waals surface area contributed by atoms with E-state index in [1.165, 1.54) is 17.5 Å². The third kappa shape index (κ3) is 1.07. The monoisotopic (exact) mass is 189 g/mol. The number of benzene rings is 1. The molecule has 0 saturated heterocycles. The van der Waals surface area contributed by atoms with Gasteiger partial charge in [0.2, 0.25) is 0 Å². The Balaban J connectivity index is 2.01. The van der Waals surface area contributed by atoms with Crippen LogP contribution in [-0.2, 0) is 6.42 Å². The molecule has 1 aromatic carbocycles. The van der Waals surface area contributed by atoms with Crippen LogP contribution < -0.4 is 10.5 Å². The Kier molecular flexibility index (Phi) is 1.77. The summed E-state index contributed by atoms with van der Waals surface area (Å²) in [4.78, 5) is 0. The fraction of sp³-hybridized carbons (Fsp3) is 0.500. The first kappa shape index (κ1) is 8.30. The first-order valence-electron chi connectivity index (χ1n) is 5.36. The molecule has 1 aliphatic carbocycles. The van der Waals surface area contributed by atoms with Crippen molar-refractivity contribution in [1.82, 2.24) is 0 Å². The summed E-state index contributed by atoms with van der Waals surface area (Å²) < 4.78 is 5.68. The molecule has 0 radical (unpaired) electrons. The fourth-order valence-corrected chi connectivity index (χ4v) is 2.44. The van der Waals surface area contributed by atoms with Crippen LogP contribution in [0.5, 0.6) is 5.75 Å². The average molecular weight is 189 g/mol. The number of hydrogen-bond acceptors (Lipinski definition) is 2. The molecule has 2 nitrogen and oxygen atoms in total. The lowest BCUT2D eigenvalue weighted by Gasteiger charge is -2.34. The highest BCUT2D eigenvalue weighted by molar-refractivity contribution is 5.47.